The smallest absolute Gasteiger partial charge is 0.0834 e. The molecule has 4 heteroatoms. The van der Waals surface area contributed by atoms with Crippen molar-refractivity contribution in [2.24, 2.45) is 0 Å². The van der Waals surface area contributed by atoms with Crippen molar-refractivity contribution in [3.8, 4) is 0 Å². The average molecular weight is 330 g/mol. The van der Waals surface area contributed by atoms with Gasteiger partial charge in [0.25, 0.3) is 0 Å². The van der Waals surface area contributed by atoms with E-state index < -0.39 is 0 Å². The lowest BCUT2D eigenvalue weighted by atomic mass is 9.82. The molecule has 1 fully saturated rings. The van der Waals surface area contributed by atoms with Gasteiger partial charge in [0.2, 0.25) is 0 Å². The fourth-order valence-corrected chi connectivity index (χ4v) is 3.90. The van der Waals surface area contributed by atoms with E-state index in [1.54, 1.807) is 0 Å². The van der Waals surface area contributed by atoms with E-state index >= 15 is 0 Å². The Hall–Kier alpha value is -0.280. The van der Waals surface area contributed by atoms with Crippen LogP contribution in [0.3, 0.4) is 0 Å². The van der Waals surface area contributed by atoms with Gasteiger partial charge in [-0.05, 0) is 37.9 Å². The Balaban J connectivity index is 2.22. The lowest BCUT2D eigenvalue weighted by molar-refractivity contribution is -0.0509. The van der Waals surface area contributed by atoms with Gasteiger partial charge < -0.3 is 10.1 Å². The molecule has 0 saturated heterocycles. The third-order valence-electron chi connectivity index (χ3n) is 4.80. The van der Waals surface area contributed by atoms with Crippen LogP contribution in [0, 0.1) is 0 Å². The second kappa shape index (κ2) is 7.82. The molecule has 0 spiro atoms. The van der Waals surface area contributed by atoms with Crippen LogP contribution in [0.2, 0.25) is 10.0 Å². The van der Waals surface area contributed by atoms with Crippen LogP contribution in [0.4, 0.5) is 0 Å². The Kier molecular flexibility index (Phi) is 6.36. The molecule has 0 heterocycles. The van der Waals surface area contributed by atoms with Crippen LogP contribution >= 0.6 is 23.2 Å². The quantitative estimate of drug-likeness (QED) is 0.778. The number of nitrogens with one attached hydrogen (secondary N) is 1. The summed E-state index contributed by atoms with van der Waals surface area (Å²) in [5.74, 6) is 0. The summed E-state index contributed by atoms with van der Waals surface area (Å²) in [7, 11) is 3.85. The molecule has 0 aliphatic heterocycles. The minimum absolute atomic E-state index is 0.100. The molecule has 1 aromatic carbocycles. The highest BCUT2D eigenvalue weighted by Crippen LogP contribution is 2.36. The highest BCUT2D eigenvalue weighted by Gasteiger charge is 2.38. The Morgan fingerprint density at radius 2 is 1.86 bits per heavy atom. The standard InChI is InChI=1S/C17H25Cl2NO/c1-20-15(12-13-8-7-9-14(18)16(13)19)17(21-2)10-5-3-4-6-11-17/h7-9,15,20H,3-6,10-12H2,1-2H3. The van der Waals surface area contributed by atoms with E-state index in [1.807, 2.05) is 26.3 Å². The third-order valence-corrected chi connectivity index (χ3v) is 5.65. The van der Waals surface area contributed by atoms with E-state index in [9.17, 15) is 0 Å². The molecule has 1 atom stereocenters. The zero-order chi connectivity index (χ0) is 15.3. The van der Waals surface area contributed by atoms with E-state index in [1.165, 1.54) is 25.7 Å². The Morgan fingerprint density at radius 3 is 2.43 bits per heavy atom. The molecule has 1 aliphatic carbocycles. The first-order valence-electron chi connectivity index (χ1n) is 7.78. The maximum absolute atomic E-state index is 6.35. The number of hydrogen-bond acceptors (Lipinski definition) is 2. The monoisotopic (exact) mass is 329 g/mol. The van der Waals surface area contributed by atoms with Crippen molar-refractivity contribution in [3.05, 3.63) is 33.8 Å². The summed E-state index contributed by atoms with van der Waals surface area (Å²) < 4.78 is 6.02. The van der Waals surface area contributed by atoms with Crippen molar-refractivity contribution in [1.29, 1.82) is 0 Å². The molecule has 1 unspecified atom stereocenters. The number of hydrogen-bond donors (Lipinski definition) is 1. The molecule has 0 radical (unpaired) electrons. The number of halogens is 2. The van der Waals surface area contributed by atoms with E-state index in [4.69, 9.17) is 27.9 Å². The van der Waals surface area contributed by atoms with Crippen molar-refractivity contribution in [3.63, 3.8) is 0 Å². The molecule has 0 amide bonds. The minimum atomic E-state index is -0.100. The van der Waals surface area contributed by atoms with Crippen LogP contribution in [0.25, 0.3) is 0 Å². The van der Waals surface area contributed by atoms with Crippen molar-refractivity contribution < 1.29 is 4.74 Å². The summed E-state index contributed by atoms with van der Waals surface area (Å²) in [5, 5.41) is 4.75. The van der Waals surface area contributed by atoms with Gasteiger partial charge in [0, 0.05) is 13.2 Å². The number of rotatable bonds is 5. The molecule has 21 heavy (non-hydrogen) atoms. The van der Waals surface area contributed by atoms with Gasteiger partial charge in [0.05, 0.1) is 15.6 Å². The van der Waals surface area contributed by atoms with Crippen molar-refractivity contribution >= 4 is 23.2 Å². The summed E-state index contributed by atoms with van der Waals surface area (Å²) >= 11 is 12.5. The summed E-state index contributed by atoms with van der Waals surface area (Å²) in [6.45, 7) is 0. The maximum atomic E-state index is 6.35. The topological polar surface area (TPSA) is 21.3 Å². The number of benzene rings is 1. The van der Waals surface area contributed by atoms with E-state index in [2.05, 4.69) is 11.4 Å². The number of ether oxygens (including phenoxy) is 1. The highest BCUT2D eigenvalue weighted by molar-refractivity contribution is 6.42. The molecular formula is C17H25Cl2NO. The number of methoxy groups -OCH3 is 1. The zero-order valence-electron chi connectivity index (χ0n) is 12.9. The van der Waals surface area contributed by atoms with Gasteiger partial charge in [-0.3, -0.25) is 0 Å². The van der Waals surface area contributed by atoms with Crippen LogP contribution in [-0.2, 0) is 11.2 Å². The van der Waals surface area contributed by atoms with E-state index in [0.29, 0.717) is 10.0 Å². The van der Waals surface area contributed by atoms with Crippen molar-refractivity contribution in [2.45, 2.75) is 56.6 Å². The molecule has 1 N–H and O–H groups in total. The molecular weight excluding hydrogens is 305 g/mol. The fourth-order valence-electron chi connectivity index (χ4n) is 3.50. The third kappa shape index (κ3) is 3.92. The first-order valence-corrected chi connectivity index (χ1v) is 8.54. The lowest BCUT2D eigenvalue weighted by Gasteiger charge is -2.39. The van der Waals surface area contributed by atoms with Crippen LogP contribution in [-0.4, -0.2) is 25.8 Å². The van der Waals surface area contributed by atoms with E-state index in [-0.39, 0.29) is 11.6 Å². The van der Waals surface area contributed by atoms with Crippen LogP contribution in [0.15, 0.2) is 18.2 Å². The Labute approximate surface area is 138 Å². The lowest BCUT2D eigenvalue weighted by Crippen LogP contribution is -2.52. The maximum Gasteiger partial charge on any atom is 0.0834 e. The summed E-state index contributed by atoms with van der Waals surface area (Å²) in [6, 6.07) is 6.09. The minimum Gasteiger partial charge on any atom is -0.377 e. The molecule has 2 nitrogen and oxygen atoms in total. The first-order chi connectivity index (χ1) is 10.1. The molecule has 0 aromatic heterocycles. The molecule has 1 aromatic rings. The molecule has 1 saturated carbocycles. The predicted octanol–water partition coefficient (Wildman–Crippen LogP) is 4.86. The fraction of sp³-hybridized carbons (Fsp3) is 0.647. The SMILES string of the molecule is CNC(Cc1cccc(Cl)c1Cl)C1(OC)CCCCCC1. The normalized spacial score (nSPS) is 20.0. The van der Waals surface area contributed by atoms with Gasteiger partial charge in [0.15, 0.2) is 0 Å². The first kappa shape index (κ1) is 17.1. The van der Waals surface area contributed by atoms with Gasteiger partial charge >= 0.3 is 0 Å². The summed E-state index contributed by atoms with van der Waals surface area (Å²) in [5.41, 5.74) is 0.987. The molecule has 118 valence electrons. The van der Waals surface area contributed by atoms with Crippen molar-refractivity contribution in [1.82, 2.24) is 5.32 Å². The zero-order valence-corrected chi connectivity index (χ0v) is 14.4. The van der Waals surface area contributed by atoms with Crippen LogP contribution < -0.4 is 5.32 Å². The van der Waals surface area contributed by atoms with Gasteiger partial charge in [0.1, 0.15) is 0 Å². The largest absolute Gasteiger partial charge is 0.377 e. The van der Waals surface area contributed by atoms with Gasteiger partial charge in [-0.2, -0.15) is 0 Å². The van der Waals surface area contributed by atoms with E-state index in [0.717, 1.165) is 24.8 Å². The Bertz CT molecular complexity index is 456. The second-order valence-corrected chi connectivity index (χ2v) is 6.73. The predicted molar refractivity (Wildman–Crippen MR) is 90.5 cm³/mol. The summed E-state index contributed by atoms with van der Waals surface area (Å²) in [4.78, 5) is 0. The molecule has 0 bridgehead atoms. The van der Waals surface area contributed by atoms with Crippen LogP contribution in [0.5, 0.6) is 0 Å². The van der Waals surface area contributed by atoms with Gasteiger partial charge in [-0.25, -0.2) is 0 Å². The molecule has 2 rings (SSSR count). The number of likely N-dealkylation sites (N-methyl/N-ethyl adjacent to an activating group) is 1. The summed E-state index contributed by atoms with van der Waals surface area (Å²) in [6.07, 6.45) is 8.12. The Morgan fingerprint density at radius 1 is 1.19 bits per heavy atom. The van der Waals surface area contributed by atoms with Crippen LogP contribution in [0.1, 0.15) is 44.1 Å². The van der Waals surface area contributed by atoms with Gasteiger partial charge in [-0.1, -0.05) is 61.0 Å². The highest BCUT2D eigenvalue weighted by atomic mass is 35.5. The van der Waals surface area contributed by atoms with Gasteiger partial charge in [-0.15, -0.1) is 0 Å². The van der Waals surface area contributed by atoms with Crippen molar-refractivity contribution in [2.75, 3.05) is 14.2 Å². The second-order valence-electron chi connectivity index (χ2n) is 5.94. The molecule has 1 aliphatic rings. The average Bonchev–Trinajstić information content (AvgIpc) is 2.75.